The first-order valence-corrected chi connectivity index (χ1v) is 10.2. The summed E-state index contributed by atoms with van der Waals surface area (Å²) < 4.78 is 39.1. The van der Waals surface area contributed by atoms with E-state index in [0.717, 1.165) is 0 Å². The van der Waals surface area contributed by atoms with Crippen molar-refractivity contribution in [1.82, 2.24) is 0 Å². The first kappa shape index (κ1) is 18.1. The van der Waals surface area contributed by atoms with Gasteiger partial charge in [-0.1, -0.05) is 12.1 Å². The van der Waals surface area contributed by atoms with Crippen LogP contribution in [0.2, 0.25) is 0 Å². The molecule has 4 rings (SSSR count). The van der Waals surface area contributed by atoms with Crippen molar-refractivity contribution in [3.8, 4) is 11.8 Å². The van der Waals surface area contributed by atoms with Gasteiger partial charge in [0.25, 0.3) is 0 Å². The Kier molecular flexibility index (Phi) is 4.12. The highest BCUT2D eigenvalue weighted by Crippen LogP contribution is 2.48. The standard InChI is InChI=1S/C20H16FN3O3S/c21-13-3-5-14(6-4-13)24-17-9-10-28(26,27)19(17)18(16(11-22)20(24)23)12-1-7-15(25)8-2-12/h1-8,18,25H,9-10,23H2/t18-/m1/s1. The third-order valence-corrected chi connectivity index (χ3v) is 6.88. The fourth-order valence-electron chi connectivity index (χ4n) is 3.75. The number of rotatable bonds is 2. The summed E-state index contributed by atoms with van der Waals surface area (Å²) in [6.07, 6.45) is 0.239. The number of anilines is 1. The molecular formula is C20H16FN3O3S. The van der Waals surface area contributed by atoms with Crippen LogP contribution >= 0.6 is 0 Å². The molecule has 0 unspecified atom stereocenters. The number of nitrogens with two attached hydrogens (primary N) is 1. The number of halogens is 1. The van der Waals surface area contributed by atoms with Crippen LogP contribution in [0.4, 0.5) is 10.1 Å². The Labute approximate surface area is 161 Å². The molecule has 1 atom stereocenters. The summed E-state index contributed by atoms with van der Waals surface area (Å²) in [6.45, 7) is 0. The number of aromatic hydroxyl groups is 1. The molecule has 0 amide bonds. The lowest BCUT2D eigenvalue weighted by molar-refractivity contribution is 0.475. The van der Waals surface area contributed by atoms with Crippen molar-refractivity contribution in [1.29, 1.82) is 5.26 Å². The van der Waals surface area contributed by atoms with E-state index in [0.29, 0.717) is 16.9 Å². The zero-order chi connectivity index (χ0) is 20.1. The van der Waals surface area contributed by atoms with Gasteiger partial charge in [0.1, 0.15) is 17.4 Å². The van der Waals surface area contributed by atoms with Crippen molar-refractivity contribution in [2.75, 3.05) is 10.7 Å². The molecule has 6 nitrogen and oxygen atoms in total. The molecule has 0 aromatic heterocycles. The number of sulfone groups is 1. The molecule has 2 heterocycles. The molecule has 2 aliphatic rings. The van der Waals surface area contributed by atoms with Crippen LogP contribution < -0.4 is 10.6 Å². The minimum atomic E-state index is -3.61. The van der Waals surface area contributed by atoms with Crippen LogP contribution in [0.15, 0.2) is 70.5 Å². The number of hydrogen-bond donors (Lipinski definition) is 2. The van der Waals surface area contributed by atoms with Crippen LogP contribution in [0, 0.1) is 17.1 Å². The Hall–Kier alpha value is -3.31. The lowest BCUT2D eigenvalue weighted by Crippen LogP contribution is -2.34. The molecule has 28 heavy (non-hydrogen) atoms. The normalized spacial score (nSPS) is 20.9. The molecule has 0 bridgehead atoms. The fraction of sp³-hybridized carbons (Fsp3) is 0.150. The van der Waals surface area contributed by atoms with Crippen LogP contribution in [0.1, 0.15) is 17.9 Å². The van der Waals surface area contributed by atoms with Crippen molar-refractivity contribution in [2.45, 2.75) is 12.3 Å². The monoisotopic (exact) mass is 397 g/mol. The van der Waals surface area contributed by atoms with Gasteiger partial charge in [-0.25, -0.2) is 12.8 Å². The van der Waals surface area contributed by atoms with Gasteiger partial charge >= 0.3 is 0 Å². The van der Waals surface area contributed by atoms with Gasteiger partial charge in [0, 0.05) is 17.8 Å². The topological polar surface area (TPSA) is 107 Å². The summed E-state index contributed by atoms with van der Waals surface area (Å²) in [4.78, 5) is 1.66. The molecule has 0 aliphatic carbocycles. The molecule has 0 fully saturated rings. The van der Waals surface area contributed by atoms with Crippen molar-refractivity contribution in [2.24, 2.45) is 5.73 Å². The Bertz CT molecular complexity index is 1160. The van der Waals surface area contributed by atoms with Gasteiger partial charge in [0.2, 0.25) is 0 Å². The number of phenols is 1. The smallest absolute Gasteiger partial charge is 0.177 e. The third-order valence-electron chi connectivity index (χ3n) is 5.00. The highest BCUT2D eigenvalue weighted by Gasteiger charge is 2.45. The first-order chi connectivity index (χ1) is 13.3. The van der Waals surface area contributed by atoms with Crippen LogP contribution in [0.5, 0.6) is 5.75 Å². The summed E-state index contributed by atoms with van der Waals surface area (Å²) in [5.41, 5.74) is 7.94. The lowest BCUT2D eigenvalue weighted by Gasteiger charge is -2.35. The van der Waals surface area contributed by atoms with Gasteiger partial charge in [-0.05, 0) is 42.0 Å². The van der Waals surface area contributed by atoms with Gasteiger partial charge in [0.05, 0.1) is 28.2 Å². The Balaban J connectivity index is 1.98. The number of phenolic OH excluding ortho intramolecular Hbond substituents is 1. The summed E-state index contributed by atoms with van der Waals surface area (Å²) in [5, 5.41) is 19.4. The molecule has 0 saturated carbocycles. The molecule has 3 N–H and O–H groups in total. The average Bonchev–Trinajstić information content (AvgIpc) is 2.98. The van der Waals surface area contributed by atoms with Crippen molar-refractivity contribution < 1.29 is 17.9 Å². The second-order valence-electron chi connectivity index (χ2n) is 6.63. The van der Waals surface area contributed by atoms with E-state index in [4.69, 9.17) is 5.73 Å². The summed E-state index contributed by atoms with van der Waals surface area (Å²) in [6, 6.07) is 13.6. The van der Waals surface area contributed by atoms with E-state index in [9.17, 15) is 23.2 Å². The molecule has 2 aromatic carbocycles. The highest BCUT2D eigenvalue weighted by atomic mass is 32.2. The Morgan fingerprint density at radius 3 is 2.39 bits per heavy atom. The molecule has 8 heteroatoms. The van der Waals surface area contributed by atoms with E-state index in [1.54, 1.807) is 12.1 Å². The van der Waals surface area contributed by atoms with Gasteiger partial charge in [0.15, 0.2) is 9.84 Å². The zero-order valence-electron chi connectivity index (χ0n) is 14.6. The first-order valence-electron chi connectivity index (χ1n) is 8.53. The molecule has 0 saturated heterocycles. The predicted octanol–water partition coefficient (Wildman–Crippen LogP) is 2.86. The van der Waals surface area contributed by atoms with Crippen molar-refractivity contribution >= 4 is 15.5 Å². The van der Waals surface area contributed by atoms with E-state index in [-0.39, 0.29) is 34.2 Å². The number of benzene rings is 2. The van der Waals surface area contributed by atoms with Gasteiger partial charge < -0.3 is 10.8 Å². The maximum absolute atomic E-state index is 13.4. The minimum Gasteiger partial charge on any atom is -0.508 e. The third kappa shape index (κ3) is 2.72. The van der Waals surface area contributed by atoms with Crippen LogP contribution in [-0.4, -0.2) is 19.3 Å². The zero-order valence-corrected chi connectivity index (χ0v) is 15.4. The van der Waals surface area contributed by atoms with E-state index in [1.165, 1.54) is 41.3 Å². The van der Waals surface area contributed by atoms with Gasteiger partial charge in [-0.15, -0.1) is 0 Å². The van der Waals surface area contributed by atoms with Crippen LogP contribution in [0.3, 0.4) is 0 Å². The number of hydrogen-bond acceptors (Lipinski definition) is 6. The summed E-state index contributed by atoms with van der Waals surface area (Å²) >= 11 is 0. The minimum absolute atomic E-state index is 0.0337. The van der Waals surface area contributed by atoms with Gasteiger partial charge in [-0.3, -0.25) is 4.90 Å². The van der Waals surface area contributed by atoms with Crippen molar-refractivity contribution in [3.05, 3.63) is 81.9 Å². The largest absolute Gasteiger partial charge is 0.508 e. The van der Waals surface area contributed by atoms with Crippen LogP contribution in [-0.2, 0) is 9.84 Å². The maximum atomic E-state index is 13.4. The molecule has 142 valence electrons. The maximum Gasteiger partial charge on any atom is 0.177 e. The molecule has 2 aromatic rings. The average molecular weight is 397 g/mol. The number of allylic oxidation sites excluding steroid dienone is 3. The summed E-state index contributed by atoms with van der Waals surface area (Å²) in [5.74, 6) is -1.21. The second kappa shape index (κ2) is 6.39. The lowest BCUT2D eigenvalue weighted by atomic mass is 9.87. The van der Waals surface area contributed by atoms with Crippen LogP contribution in [0.25, 0.3) is 0 Å². The van der Waals surface area contributed by atoms with E-state index >= 15 is 0 Å². The Morgan fingerprint density at radius 2 is 1.79 bits per heavy atom. The molecule has 2 aliphatic heterocycles. The molecular weight excluding hydrogens is 381 g/mol. The number of nitrogens with zero attached hydrogens (tertiary/aromatic N) is 2. The number of nitriles is 1. The van der Waals surface area contributed by atoms with E-state index < -0.39 is 21.6 Å². The second-order valence-corrected chi connectivity index (χ2v) is 8.70. The molecule has 0 spiro atoms. The molecule has 0 radical (unpaired) electrons. The quantitative estimate of drug-likeness (QED) is 0.807. The SMILES string of the molecule is N#CC1=C(N)N(c2ccc(F)cc2)C2=C([C@@H]1c1ccc(O)cc1)S(=O)(=O)CC2. The van der Waals surface area contributed by atoms with Crippen molar-refractivity contribution in [3.63, 3.8) is 0 Å². The van der Waals surface area contributed by atoms with E-state index in [2.05, 4.69) is 6.07 Å². The summed E-state index contributed by atoms with van der Waals surface area (Å²) in [7, 11) is -3.61. The Morgan fingerprint density at radius 1 is 1.14 bits per heavy atom. The fourth-order valence-corrected chi connectivity index (χ4v) is 5.60. The van der Waals surface area contributed by atoms with E-state index in [1.807, 2.05) is 0 Å². The highest BCUT2D eigenvalue weighted by molar-refractivity contribution is 7.95. The predicted molar refractivity (Wildman–Crippen MR) is 102 cm³/mol. The van der Waals surface area contributed by atoms with Gasteiger partial charge in [-0.2, -0.15) is 5.26 Å².